The van der Waals surface area contributed by atoms with Crippen molar-refractivity contribution in [2.24, 2.45) is 5.73 Å². The van der Waals surface area contributed by atoms with Crippen LogP contribution in [0.2, 0.25) is 0 Å². The Morgan fingerprint density at radius 3 is 2.28 bits per heavy atom. The average Bonchev–Trinajstić information content (AvgIpc) is 2.90. The zero-order valence-corrected chi connectivity index (χ0v) is 11.7. The largest absolute Gasteiger partial charge is 0.318 e. The van der Waals surface area contributed by atoms with Crippen molar-refractivity contribution in [3.63, 3.8) is 0 Å². The predicted octanol–water partition coefficient (Wildman–Crippen LogP) is 3.49. The Bertz CT molecular complexity index is 477. The molecule has 2 aromatic rings. The molecule has 1 atom stereocenters. The summed E-state index contributed by atoms with van der Waals surface area (Å²) >= 11 is 1.65. The average molecular weight is 261 g/mol. The van der Waals surface area contributed by atoms with Gasteiger partial charge in [-0.25, -0.2) is 0 Å². The third-order valence-electron chi connectivity index (χ3n) is 3.22. The van der Waals surface area contributed by atoms with Gasteiger partial charge in [0.05, 0.1) is 6.04 Å². The van der Waals surface area contributed by atoms with Crippen LogP contribution in [0.3, 0.4) is 0 Å². The van der Waals surface area contributed by atoms with Gasteiger partial charge in [-0.05, 0) is 18.4 Å². The van der Waals surface area contributed by atoms with Gasteiger partial charge in [0.25, 0.3) is 0 Å². The van der Waals surface area contributed by atoms with Crippen LogP contribution in [-0.2, 0) is 0 Å². The highest BCUT2D eigenvalue weighted by Gasteiger charge is 2.17. The van der Waals surface area contributed by atoms with Gasteiger partial charge in [-0.1, -0.05) is 55.5 Å². The summed E-state index contributed by atoms with van der Waals surface area (Å²) in [5.41, 5.74) is 7.31. The highest BCUT2D eigenvalue weighted by atomic mass is 32.1. The molecule has 1 unspecified atom stereocenters. The summed E-state index contributed by atoms with van der Waals surface area (Å²) in [6.07, 6.45) is 2.21. The summed E-state index contributed by atoms with van der Waals surface area (Å²) in [6, 6.07) is 9.89. The molecule has 0 fully saturated rings. The smallest absolute Gasteiger partial charge is 0.138 e. The molecule has 0 bridgehead atoms. The topological polar surface area (TPSA) is 51.8 Å². The normalized spacial score (nSPS) is 12.9. The Morgan fingerprint density at radius 1 is 1.06 bits per heavy atom. The molecule has 0 amide bonds. The van der Waals surface area contributed by atoms with Gasteiger partial charge in [0.2, 0.25) is 0 Å². The van der Waals surface area contributed by atoms with Crippen LogP contribution in [0.5, 0.6) is 0 Å². The van der Waals surface area contributed by atoms with Crippen LogP contribution in [0.1, 0.15) is 54.2 Å². The van der Waals surface area contributed by atoms with E-state index >= 15 is 0 Å². The molecule has 0 spiro atoms. The van der Waals surface area contributed by atoms with E-state index in [1.165, 1.54) is 0 Å². The lowest BCUT2D eigenvalue weighted by molar-refractivity contribution is 0.629. The van der Waals surface area contributed by atoms with Gasteiger partial charge in [-0.15, -0.1) is 10.2 Å². The van der Waals surface area contributed by atoms with E-state index in [4.69, 9.17) is 5.73 Å². The van der Waals surface area contributed by atoms with Crippen LogP contribution in [0.4, 0.5) is 0 Å². The first kappa shape index (κ1) is 13.2. The number of hydrogen-bond acceptors (Lipinski definition) is 4. The van der Waals surface area contributed by atoms with Crippen molar-refractivity contribution in [3.05, 3.63) is 45.9 Å². The van der Waals surface area contributed by atoms with Crippen molar-refractivity contribution in [1.82, 2.24) is 10.2 Å². The summed E-state index contributed by atoms with van der Waals surface area (Å²) in [7, 11) is 0. The molecule has 1 aromatic carbocycles. The zero-order valence-electron chi connectivity index (χ0n) is 10.8. The molecule has 18 heavy (non-hydrogen) atoms. The minimum atomic E-state index is -0.160. The maximum atomic E-state index is 6.22. The van der Waals surface area contributed by atoms with E-state index < -0.39 is 0 Å². The van der Waals surface area contributed by atoms with E-state index in [0.717, 1.165) is 28.4 Å². The Hall–Kier alpha value is -1.26. The minimum absolute atomic E-state index is 0.160. The van der Waals surface area contributed by atoms with Crippen LogP contribution in [0.25, 0.3) is 0 Å². The molecule has 96 valence electrons. The number of nitrogens with zero attached hydrogens (tertiary/aromatic N) is 2. The van der Waals surface area contributed by atoms with Crippen molar-refractivity contribution in [2.75, 3.05) is 0 Å². The SMILES string of the molecule is CCC(CC)c1nnc(C(N)c2ccccc2)s1. The van der Waals surface area contributed by atoms with Crippen molar-refractivity contribution in [1.29, 1.82) is 0 Å². The van der Waals surface area contributed by atoms with Crippen LogP contribution in [0, 0.1) is 0 Å². The number of aromatic nitrogens is 2. The molecule has 1 aromatic heterocycles. The first-order valence-electron chi connectivity index (χ1n) is 6.40. The van der Waals surface area contributed by atoms with Crippen molar-refractivity contribution in [3.8, 4) is 0 Å². The molecule has 4 heteroatoms. The van der Waals surface area contributed by atoms with Crippen molar-refractivity contribution >= 4 is 11.3 Å². The number of hydrogen-bond donors (Lipinski definition) is 1. The molecule has 0 aliphatic rings. The van der Waals surface area contributed by atoms with Crippen molar-refractivity contribution < 1.29 is 0 Å². The van der Waals surface area contributed by atoms with Gasteiger partial charge in [0.1, 0.15) is 10.0 Å². The Morgan fingerprint density at radius 2 is 1.67 bits per heavy atom. The third-order valence-corrected chi connectivity index (χ3v) is 4.38. The van der Waals surface area contributed by atoms with E-state index in [2.05, 4.69) is 24.0 Å². The fraction of sp³-hybridized carbons (Fsp3) is 0.429. The maximum absolute atomic E-state index is 6.22. The molecule has 0 saturated heterocycles. The first-order valence-corrected chi connectivity index (χ1v) is 7.21. The highest BCUT2D eigenvalue weighted by Crippen LogP contribution is 2.29. The van der Waals surface area contributed by atoms with E-state index in [0.29, 0.717) is 5.92 Å². The van der Waals surface area contributed by atoms with Crippen LogP contribution in [-0.4, -0.2) is 10.2 Å². The molecule has 0 aliphatic heterocycles. The standard InChI is InChI=1S/C14H19N3S/c1-3-10(4-2)13-16-17-14(18-13)12(15)11-8-6-5-7-9-11/h5-10,12H,3-4,15H2,1-2H3. The lowest BCUT2D eigenvalue weighted by Gasteiger charge is -2.08. The molecular formula is C14H19N3S. The van der Waals surface area contributed by atoms with E-state index in [1.807, 2.05) is 30.3 Å². The quantitative estimate of drug-likeness (QED) is 0.896. The van der Waals surface area contributed by atoms with Gasteiger partial charge in [0.15, 0.2) is 0 Å². The van der Waals surface area contributed by atoms with Gasteiger partial charge in [-0.2, -0.15) is 0 Å². The third kappa shape index (κ3) is 2.76. The van der Waals surface area contributed by atoms with Gasteiger partial charge < -0.3 is 5.73 Å². The second kappa shape index (κ2) is 6.07. The van der Waals surface area contributed by atoms with E-state index in [-0.39, 0.29) is 6.04 Å². The number of benzene rings is 1. The van der Waals surface area contributed by atoms with E-state index in [9.17, 15) is 0 Å². The second-order valence-corrected chi connectivity index (χ2v) is 5.42. The summed E-state index contributed by atoms with van der Waals surface area (Å²) in [5, 5.41) is 10.6. The fourth-order valence-corrected chi connectivity index (χ4v) is 3.12. The minimum Gasteiger partial charge on any atom is -0.318 e. The summed E-state index contributed by atoms with van der Waals surface area (Å²) in [4.78, 5) is 0. The highest BCUT2D eigenvalue weighted by molar-refractivity contribution is 7.11. The molecule has 1 heterocycles. The van der Waals surface area contributed by atoms with Crippen LogP contribution in [0.15, 0.2) is 30.3 Å². The van der Waals surface area contributed by atoms with Crippen molar-refractivity contribution in [2.45, 2.75) is 38.6 Å². The molecule has 0 radical (unpaired) electrons. The molecule has 3 nitrogen and oxygen atoms in total. The van der Waals surface area contributed by atoms with Gasteiger partial charge >= 0.3 is 0 Å². The molecule has 2 rings (SSSR count). The molecule has 0 aliphatic carbocycles. The zero-order chi connectivity index (χ0) is 13.0. The lowest BCUT2D eigenvalue weighted by Crippen LogP contribution is -2.11. The van der Waals surface area contributed by atoms with Crippen LogP contribution < -0.4 is 5.73 Å². The lowest BCUT2D eigenvalue weighted by atomic mass is 10.1. The monoisotopic (exact) mass is 261 g/mol. The fourth-order valence-electron chi connectivity index (χ4n) is 1.98. The molecule has 0 saturated carbocycles. The maximum Gasteiger partial charge on any atom is 0.138 e. The summed E-state index contributed by atoms with van der Waals surface area (Å²) < 4.78 is 0. The molecule has 2 N–H and O–H groups in total. The first-order chi connectivity index (χ1) is 8.76. The van der Waals surface area contributed by atoms with Gasteiger partial charge in [0, 0.05) is 5.92 Å². The second-order valence-electron chi connectivity index (χ2n) is 4.38. The van der Waals surface area contributed by atoms with E-state index in [1.54, 1.807) is 11.3 Å². The number of rotatable bonds is 5. The predicted molar refractivity (Wildman–Crippen MR) is 75.7 cm³/mol. The van der Waals surface area contributed by atoms with Crippen LogP contribution >= 0.6 is 11.3 Å². The Labute approximate surface area is 112 Å². The van der Waals surface area contributed by atoms with Gasteiger partial charge in [-0.3, -0.25) is 0 Å². The Kier molecular flexibility index (Phi) is 4.44. The number of nitrogens with two attached hydrogens (primary N) is 1. The molecular weight excluding hydrogens is 242 g/mol. The summed E-state index contributed by atoms with van der Waals surface area (Å²) in [6.45, 7) is 4.37. The summed E-state index contributed by atoms with van der Waals surface area (Å²) in [5.74, 6) is 0.513. The Balaban J connectivity index is 2.20.